The Morgan fingerprint density at radius 3 is 2.75 bits per heavy atom. The van der Waals surface area contributed by atoms with Gasteiger partial charge in [-0.3, -0.25) is 0 Å². The van der Waals surface area contributed by atoms with Gasteiger partial charge in [0.2, 0.25) is 15.8 Å². The Morgan fingerprint density at radius 2 is 2.10 bits per heavy atom. The maximum Gasteiger partial charge on any atom is 0.240 e. The second-order valence-electron chi connectivity index (χ2n) is 3.97. The molecule has 0 aliphatic rings. The summed E-state index contributed by atoms with van der Waals surface area (Å²) in [4.78, 5) is 0.183. The Labute approximate surface area is 117 Å². The minimum Gasteiger partial charge on any atom is -0.449 e. The van der Waals surface area contributed by atoms with E-state index in [0.29, 0.717) is 18.0 Å². The van der Waals surface area contributed by atoms with Crippen molar-refractivity contribution in [2.45, 2.75) is 11.4 Å². The zero-order valence-corrected chi connectivity index (χ0v) is 11.6. The molecule has 0 spiro atoms. The van der Waals surface area contributed by atoms with Gasteiger partial charge in [-0.2, -0.15) is 5.26 Å². The fraction of sp³-hybridized carbons (Fsp3) is 0.154. The summed E-state index contributed by atoms with van der Waals surface area (Å²) in [6, 6.07) is 11.6. The van der Waals surface area contributed by atoms with Crippen LogP contribution in [0.1, 0.15) is 11.5 Å². The Morgan fingerprint density at radius 1 is 1.30 bits per heavy atom. The van der Waals surface area contributed by atoms with Gasteiger partial charge in [-0.05, 0) is 37.4 Å². The van der Waals surface area contributed by atoms with Gasteiger partial charge in [-0.15, -0.1) is 0 Å². The van der Waals surface area contributed by atoms with Crippen LogP contribution >= 0.6 is 0 Å². The van der Waals surface area contributed by atoms with Crippen LogP contribution < -0.4 is 10.0 Å². The maximum atomic E-state index is 11.7. The molecule has 7 heteroatoms. The lowest BCUT2D eigenvalue weighted by molar-refractivity contribution is 0.506. The van der Waals surface area contributed by atoms with Crippen LogP contribution in [0, 0.1) is 11.3 Å². The maximum absolute atomic E-state index is 11.7. The molecular weight excluding hydrogens is 278 g/mol. The zero-order chi connectivity index (χ0) is 14.6. The summed E-state index contributed by atoms with van der Waals surface area (Å²) < 4.78 is 30.8. The summed E-state index contributed by atoms with van der Waals surface area (Å²) in [7, 11) is -2.10. The minimum absolute atomic E-state index is 0.183. The van der Waals surface area contributed by atoms with Gasteiger partial charge < -0.3 is 9.73 Å². The Kier molecular flexibility index (Phi) is 4.08. The van der Waals surface area contributed by atoms with Crippen LogP contribution in [0.25, 0.3) is 0 Å². The Balaban J connectivity index is 2.11. The third-order valence-corrected chi connectivity index (χ3v) is 4.06. The molecule has 1 heterocycles. The van der Waals surface area contributed by atoms with Crippen LogP contribution in [0.2, 0.25) is 0 Å². The fourth-order valence-corrected chi connectivity index (χ4v) is 2.39. The number of sulfonamides is 1. The highest BCUT2D eigenvalue weighted by atomic mass is 32.2. The Hall–Kier alpha value is -2.30. The van der Waals surface area contributed by atoms with Gasteiger partial charge in [-0.25, -0.2) is 13.1 Å². The van der Waals surface area contributed by atoms with Crippen molar-refractivity contribution in [3.05, 3.63) is 47.9 Å². The lowest BCUT2D eigenvalue weighted by atomic mass is 10.3. The highest BCUT2D eigenvalue weighted by Crippen LogP contribution is 2.16. The molecule has 0 fully saturated rings. The summed E-state index contributed by atoms with van der Waals surface area (Å²) >= 11 is 0. The first-order valence-electron chi connectivity index (χ1n) is 5.81. The molecule has 0 amide bonds. The summed E-state index contributed by atoms with van der Waals surface area (Å²) in [6.45, 7) is 0.366. The van der Waals surface area contributed by atoms with Gasteiger partial charge in [0, 0.05) is 5.69 Å². The summed E-state index contributed by atoms with van der Waals surface area (Å²) in [5.74, 6) is 0.844. The standard InChI is InChI=1S/C13H13N3O3S/c1-15-20(17,18)13-4-2-3-10(7-13)16-9-12-6-5-11(8-14)19-12/h2-7,15-16H,9H2,1H3. The van der Waals surface area contributed by atoms with Crippen LogP contribution in [0.4, 0.5) is 5.69 Å². The van der Waals surface area contributed by atoms with E-state index in [9.17, 15) is 8.42 Å². The summed E-state index contributed by atoms with van der Waals surface area (Å²) in [5.41, 5.74) is 0.649. The third-order valence-electron chi connectivity index (χ3n) is 2.65. The number of furan rings is 1. The molecule has 2 N–H and O–H groups in total. The smallest absolute Gasteiger partial charge is 0.240 e. The molecular formula is C13H13N3O3S. The lowest BCUT2D eigenvalue weighted by Gasteiger charge is -2.07. The molecule has 0 saturated carbocycles. The predicted octanol–water partition coefficient (Wildman–Crippen LogP) is 1.67. The van der Waals surface area contributed by atoms with Crippen molar-refractivity contribution in [1.82, 2.24) is 4.72 Å². The van der Waals surface area contributed by atoms with Crippen molar-refractivity contribution >= 4 is 15.7 Å². The van der Waals surface area contributed by atoms with E-state index in [-0.39, 0.29) is 10.7 Å². The third kappa shape index (κ3) is 3.17. The molecule has 1 aromatic heterocycles. The van der Waals surface area contributed by atoms with Gasteiger partial charge in [0.25, 0.3) is 0 Å². The van der Waals surface area contributed by atoms with Crippen LogP contribution in [-0.4, -0.2) is 15.5 Å². The summed E-state index contributed by atoms with van der Waals surface area (Å²) in [5, 5.41) is 11.7. The van der Waals surface area contributed by atoms with Crippen molar-refractivity contribution in [2.24, 2.45) is 0 Å². The molecule has 0 radical (unpaired) electrons. The van der Waals surface area contributed by atoms with E-state index in [2.05, 4.69) is 10.0 Å². The van der Waals surface area contributed by atoms with Gasteiger partial charge in [0.15, 0.2) is 0 Å². The Bertz CT molecular complexity index is 744. The van der Waals surface area contributed by atoms with E-state index >= 15 is 0 Å². The normalized spacial score (nSPS) is 11.0. The number of nitrogens with zero attached hydrogens (tertiary/aromatic N) is 1. The van der Waals surface area contributed by atoms with Crippen molar-refractivity contribution < 1.29 is 12.8 Å². The van der Waals surface area contributed by atoms with Crippen molar-refractivity contribution in [2.75, 3.05) is 12.4 Å². The highest BCUT2D eigenvalue weighted by molar-refractivity contribution is 7.89. The van der Waals surface area contributed by atoms with E-state index in [1.807, 2.05) is 6.07 Å². The van der Waals surface area contributed by atoms with Crippen LogP contribution in [0.3, 0.4) is 0 Å². The lowest BCUT2D eigenvalue weighted by Crippen LogP contribution is -2.18. The highest BCUT2D eigenvalue weighted by Gasteiger charge is 2.11. The van der Waals surface area contributed by atoms with Crippen LogP contribution in [0.5, 0.6) is 0 Å². The van der Waals surface area contributed by atoms with Gasteiger partial charge in [0.1, 0.15) is 11.8 Å². The average Bonchev–Trinajstić information content (AvgIpc) is 2.93. The molecule has 0 saturated heterocycles. The van der Waals surface area contributed by atoms with E-state index in [1.165, 1.54) is 19.2 Å². The quantitative estimate of drug-likeness (QED) is 0.873. The number of hydrogen-bond donors (Lipinski definition) is 2. The number of anilines is 1. The second kappa shape index (κ2) is 5.77. The van der Waals surface area contributed by atoms with Gasteiger partial charge >= 0.3 is 0 Å². The van der Waals surface area contributed by atoms with Gasteiger partial charge in [0.05, 0.1) is 11.4 Å². The zero-order valence-electron chi connectivity index (χ0n) is 10.8. The molecule has 0 unspecified atom stereocenters. The van der Waals surface area contributed by atoms with Gasteiger partial charge in [-0.1, -0.05) is 6.07 Å². The van der Waals surface area contributed by atoms with Crippen molar-refractivity contribution in [1.29, 1.82) is 5.26 Å². The molecule has 0 aliphatic carbocycles. The first kappa shape index (κ1) is 14.1. The van der Waals surface area contributed by atoms with E-state index in [4.69, 9.17) is 9.68 Å². The molecule has 104 valence electrons. The molecule has 2 rings (SSSR count). The largest absolute Gasteiger partial charge is 0.449 e. The number of benzene rings is 1. The van der Waals surface area contributed by atoms with E-state index in [0.717, 1.165) is 0 Å². The van der Waals surface area contributed by atoms with E-state index < -0.39 is 10.0 Å². The molecule has 20 heavy (non-hydrogen) atoms. The first-order chi connectivity index (χ1) is 9.55. The van der Waals surface area contributed by atoms with Crippen molar-refractivity contribution in [3.63, 3.8) is 0 Å². The fourth-order valence-electron chi connectivity index (χ4n) is 1.61. The monoisotopic (exact) mass is 291 g/mol. The summed E-state index contributed by atoms with van der Waals surface area (Å²) in [6.07, 6.45) is 0. The second-order valence-corrected chi connectivity index (χ2v) is 5.85. The molecule has 1 aromatic carbocycles. The molecule has 0 atom stereocenters. The van der Waals surface area contributed by atoms with Crippen molar-refractivity contribution in [3.8, 4) is 6.07 Å². The first-order valence-corrected chi connectivity index (χ1v) is 7.30. The van der Waals surface area contributed by atoms with Crippen LogP contribution in [-0.2, 0) is 16.6 Å². The number of nitriles is 1. The van der Waals surface area contributed by atoms with E-state index in [1.54, 1.807) is 24.3 Å². The minimum atomic E-state index is -3.46. The predicted molar refractivity (Wildman–Crippen MR) is 73.4 cm³/mol. The topological polar surface area (TPSA) is 95.1 Å². The number of rotatable bonds is 5. The number of nitrogens with one attached hydrogen (secondary N) is 2. The van der Waals surface area contributed by atoms with Crippen LogP contribution in [0.15, 0.2) is 45.7 Å². The molecule has 0 bridgehead atoms. The average molecular weight is 291 g/mol. The SMILES string of the molecule is CNS(=O)(=O)c1cccc(NCc2ccc(C#N)o2)c1. The molecule has 2 aromatic rings. The molecule has 6 nitrogen and oxygen atoms in total. The molecule has 0 aliphatic heterocycles. The number of hydrogen-bond acceptors (Lipinski definition) is 5.